The van der Waals surface area contributed by atoms with E-state index in [0.29, 0.717) is 5.92 Å². The van der Waals surface area contributed by atoms with Crippen LogP contribution in [0.4, 0.5) is 4.39 Å². The minimum absolute atomic E-state index is 0.133. The maximum absolute atomic E-state index is 13.4. The molecule has 0 radical (unpaired) electrons. The lowest BCUT2D eigenvalue weighted by molar-refractivity contribution is -0.0169. The fourth-order valence-corrected chi connectivity index (χ4v) is 3.64. The molecule has 0 bridgehead atoms. The molecule has 2 rings (SSSR count). The molecule has 3 heteroatoms. The second-order valence-electron chi connectivity index (χ2n) is 6.09. The summed E-state index contributed by atoms with van der Waals surface area (Å²) >= 11 is 0. The van der Waals surface area contributed by atoms with Crippen LogP contribution in [0.2, 0.25) is 0 Å². The molecule has 0 saturated heterocycles. The highest BCUT2D eigenvalue weighted by atomic mass is 19.1. The van der Waals surface area contributed by atoms with Crippen molar-refractivity contribution in [2.45, 2.75) is 58.1 Å². The molecule has 2 unspecified atom stereocenters. The van der Waals surface area contributed by atoms with E-state index in [9.17, 15) is 4.39 Å². The van der Waals surface area contributed by atoms with Crippen LogP contribution in [0.15, 0.2) is 18.2 Å². The van der Waals surface area contributed by atoms with Crippen LogP contribution in [0.1, 0.15) is 56.2 Å². The van der Waals surface area contributed by atoms with Gasteiger partial charge in [-0.25, -0.2) is 4.39 Å². The topological polar surface area (TPSA) is 21.3 Å². The molecule has 1 fully saturated rings. The van der Waals surface area contributed by atoms with Crippen LogP contribution in [0.3, 0.4) is 0 Å². The molecular formula is C18H28FNO. The summed E-state index contributed by atoms with van der Waals surface area (Å²) in [6, 6.07) is 5.20. The van der Waals surface area contributed by atoms with Gasteiger partial charge in [0.15, 0.2) is 0 Å². The van der Waals surface area contributed by atoms with Crippen molar-refractivity contribution in [2.24, 2.45) is 5.92 Å². The summed E-state index contributed by atoms with van der Waals surface area (Å²) in [5.41, 5.74) is 2.15. The van der Waals surface area contributed by atoms with Gasteiger partial charge in [0, 0.05) is 6.61 Å². The third kappa shape index (κ3) is 4.04. The van der Waals surface area contributed by atoms with E-state index in [2.05, 4.69) is 12.2 Å². The summed E-state index contributed by atoms with van der Waals surface area (Å²) in [5.74, 6) is 0.428. The molecule has 118 valence electrons. The van der Waals surface area contributed by atoms with Crippen LogP contribution in [0.5, 0.6) is 0 Å². The molecule has 1 saturated carbocycles. The van der Waals surface area contributed by atoms with Crippen molar-refractivity contribution in [3.05, 3.63) is 35.1 Å². The minimum Gasteiger partial charge on any atom is -0.376 e. The maximum atomic E-state index is 13.4. The van der Waals surface area contributed by atoms with Crippen LogP contribution in [-0.2, 0) is 4.74 Å². The highest BCUT2D eigenvalue weighted by Gasteiger charge is 2.32. The number of rotatable bonds is 6. The normalized spacial score (nSPS) is 19.4. The van der Waals surface area contributed by atoms with Crippen molar-refractivity contribution >= 4 is 0 Å². The Morgan fingerprint density at radius 2 is 2.00 bits per heavy atom. The summed E-state index contributed by atoms with van der Waals surface area (Å²) in [4.78, 5) is 0. The van der Waals surface area contributed by atoms with Gasteiger partial charge >= 0.3 is 0 Å². The van der Waals surface area contributed by atoms with Gasteiger partial charge in [0.1, 0.15) is 5.82 Å². The van der Waals surface area contributed by atoms with Gasteiger partial charge in [-0.2, -0.15) is 0 Å². The molecule has 1 aliphatic rings. The fraction of sp³-hybridized carbons (Fsp3) is 0.667. The van der Waals surface area contributed by atoms with Crippen molar-refractivity contribution in [2.75, 3.05) is 13.7 Å². The summed E-state index contributed by atoms with van der Waals surface area (Å²) in [5, 5.41) is 3.41. The van der Waals surface area contributed by atoms with Crippen molar-refractivity contribution < 1.29 is 9.13 Å². The molecular weight excluding hydrogens is 265 g/mol. The molecule has 0 aliphatic heterocycles. The van der Waals surface area contributed by atoms with Crippen molar-refractivity contribution in [3.63, 3.8) is 0 Å². The van der Waals surface area contributed by atoms with E-state index in [-0.39, 0.29) is 18.0 Å². The quantitative estimate of drug-likeness (QED) is 0.840. The third-order valence-electron chi connectivity index (χ3n) is 4.68. The lowest BCUT2D eigenvalue weighted by atomic mass is 9.80. The smallest absolute Gasteiger partial charge is 0.123 e. The molecule has 2 atom stereocenters. The molecule has 0 amide bonds. The van der Waals surface area contributed by atoms with Gasteiger partial charge in [-0.1, -0.05) is 25.3 Å². The van der Waals surface area contributed by atoms with Crippen molar-refractivity contribution in [1.82, 2.24) is 5.32 Å². The van der Waals surface area contributed by atoms with Gasteiger partial charge in [0.2, 0.25) is 0 Å². The Hall–Kier alpha value is -0.930. The summed E-state index contributed by atoms with van der Waals surface area (Å²) in [6.45, 7) is 4.76. The Labute approximate surface area is 128 Å². The zero-order valence-corrected chi connectivity index (χ0v) is 13.5. The average Bonchev–Trinajstić information content (AvgIpc) is 2.50. The number of halogens is 1. The number of hydrogen-bond acceptors (Lipinski definition) is 2. The van der Waals surface area contributed by atoms with E-state index in [1.807, 2.05) is 20.0 Å². The molecule has 1 N–H and O–H groups in total. The Balaban J connectivity index is 2.25. The van der Waals surface area contributed by atoms with Crippen LogP contribution >= 0.6 is 0 Å². The van der Waals surface area contributed by atoms with Gasteiger partial charge in [-0.3, -0.25) is 0 Å². The fourth-order valence-electron chi connectivity index (χ4n) is 3.64. The Kier molecular flexibility index (Phi) is 6.19. The molecule has 1 aromatic carbocycles. The highest BCUT2D eigenvalue weighted by Crippen LogP contribution is 2.35. The SMILES string of the molecule is CCOC(C1CCCCC1)C(NC)c1ccc(F)cc1C. The van der Waals surface area contributed by atoms with Crippen molar-refractivity contribution in [1.29, 1.82) is 0 Å². The Bertz CT molecular complexity index is 443. The summed E-state index contributed by atoms with van der Waals surface area (Å²) < 4.78 is 19.5. The number of benzene rings is 1. The predicted octanol–water partition coefficient (Wildman–Crippen LogP) is 4.38. The highest BCUT2D eigenvalue weighted by molar-refractivity contribution is 5.30. The second-order valence-corrected chi connectivity index (χ2v) is 6.09. The number of ether oxygens (including phenoxy) is 1. The predicted molar refractivity (Wildman–Crippen MR) is 84.9 cm³/mol. The number of aryl methyl sites for hydroxylation is 1. The van der Waals surface area contributed by atoms with E-state index in [0.717, 1.165) is 17.7 Å². The van der Waals surface area contributed by atoms with Crippen LogP contribution < -0.4 is 5.32 Å². The largest absolute Gasteiger partial charge is 0.376 e. The van der Waals surface area contributed by atoms with E-state index in [1.165, 1.54) is 32.1 Å². The Morgan fingerprint density at radius 3 is 2.57 bits per heavy atom. The first kappa shape index (κ1) is 16.4. The monoisotopic (exact) mass is 293 g/mol. The lowest BCUT2D eigenvalue weighted by Crippen LogP contribution is -2.38. The van der Waals surface area contributed by atoms with E-state index in [4.69, 9.17) is 4.74 Å². The molecule has 2 nitrogen and oxygen atoms in total. The number of nitrogens with one attached hydrogen (secondary N) is 1. The standard InChI is InChI=1S/C18H28FNO/c1-4-21-18(14-8-6-5-7-9-14)17(20-3)16-11-10-15(19)12-13(16)2/h10-12,14,17-18,20H,4-9H2,1-3H3. The van der Waals surface area contributed by atoms with Gasteiger partial charge in [-0.15, -0.1) is 0 Å². The average molecular weight is 293 g/mol. The third-order valence-corrected chi connectivity index (χ3v) is 4.68. The molecule has 21 heavy (non-hydrogen) atoms. The summed E-state index contributed by atoms with van der Waals surface area (Å²) in [7, 11) is 1.97. The van der Waals surface area contributed by atoms with E-state index in [1.54, 1.807) is 12.1 Å². The van der Waals surface area contributed by atoms with Gasteiger partial charge < -0.3 is 10.1 Å². The molecule has 1 aliphatic carbocycles. The maximum Gasteiger partial charge on any atom is 0.123 e. The first-order valence-corrected chi connectivity index (χ1v) is 8.22. The first-order valence-electron chi connectivity index (χ1n) is 8.22. The zero-order chi connectivity index (χ0) is 15.2. The van der Waals surface area contributed by atoms with E-state index >= 15 is 0 Å². The van der Waals surface area contributed by atoms with Gasteiger partial charge in [0.25, 0.3) is 0 Å². The molecule has 0 heterocycles. The number of hydrogen-bond donors (Lipinski definition) is 1. The molecule has 0 aromatic heterocycles. The zero-order valence-electron chi connectivity index (χ0n) is 13.5. The van der Waals surface area contributed by atoms with Gasteiger partial charge in [0.05, 0.1) is 12.1 Å². The van der Waals surface area contributed by atoms with Crippen LogP contribution in [-0.4, -0.2) is 19.8 Å². The number of likely N-dealkylation sites (N-methyl/N-ethyl adjacent to an activating group) is 1. The summed E-state index contributed by atoms with van der Waals surface area (Å²) in [6.07, 6.45) is 6.59. The van der Waals surface area contributed by atoms with Gasteiger partial charge in [-0.05, 0) is 62.9 Å². The van der Waals surface area contributed by atoms with Crippen LogP contribution in [0.25, 0.3) is 0 Å². The van der Waals surface area contributed by atoms with E-state index < -0.39 is 0 Å². The molecule has 1 aromatic rings. The lowest BCUT2D eigenvalue weighted by Gasteiger charge is -2.36. The van der Waals surface area contributed by atoms with Crippen molar-refractivity contribution in [3.8, 4) is 0 Å². The minimum atomic E-state index is -0.170. The molecule has 0 spiro atoms. The van der Waals surface area contributed by atoms with Crippen LogP contribution in [0, 0.1) is 18.7 Å². The second kappa shape index (κ2) is 7.90. The first-order chi connectivity index (χ1) is 10.2. The Morgan fingerprint density at radius 1 is 1.29 bits per heavy atom.